The molecule has 1 aromatic carbocycles. The Hall–Kier alpha value is -0.730. The average Bonchev–Trinajstić information content (AvgIpc) is 3.15. The zero-order chi connectivity index (χ0) is 12.6. The second-order valence-corrected chi connectivity index (χ2v) is 6.31. The lowest BCUT2D eigenvalue weighted by Gasteiger charge is -2.35. The van der Waals surface area contributed by atoms with Crippen molar-refractivity contribution in [2.45, 2.75) is 31.7 Å². The minimum absolute atomic E-state index is 0.277. The Bertz CT molecular complexity index is 430. The molecule has 2 nitrogen and oxygen atoms in total. The van der Waals surface area contributed by atoms with Crippen LogP contribution in [-0.2, 0) is 0 Å². The van der Waals surface area contributed by atoms with E-state index in [9.17, 15) is 0 Å². The molecule has 1 unspecified atom stereocenters. The van der Waals surface area contributed by atoms with Gasteiger partial charge in [0.2, 0.25) is 0 Å². The van der Waals surface area contributed by atoms with Crippen molar-refractivity contribution in [1.82, 2.24) is 5.32 Å². The topological polar surface area (TPSA) is 15.3 Å². The van der Waals surface area contributed by atoms with E-state index in [-0.39, 0.29) is 5.54 Å². The number of nitrogens with one attached hydrogen (secondary N) is 1. The molecule has 1 saturated carbocycles. The molecule has 2 aliphatic rings. The van der Waals surface area contributed by atoms with Gasteiger partial charge in [0.25, 0.3) is 0 Å². The van der Waals surface area contributed by atoms with Crippen molar-refractivity contribution in [3.8, 4) is 0 Å². The summed E-state index contributed by atoms with van der Waals surface area (Å²) in [5.74, 6) is 0.859. The van der Waals surface area contributed by atoms with Crippen LogP contribution < -0.4 is 10.2 Å². The van der Waals surface area contributed by atoms with E-state index in [2.05, 4.69) is 29.3 Å². The SMILES string of the molecule is CC1(C2CC2)CN(c2cccc(Cl)c2)CCCN1. The highest BCUT2D eigenvalue weighted by atomic mass is 35.5. The van der Waals surface area contributed by atoms with Crippen molar-refractivity contribution in [3.05, 3.63) is 29.3 Å². The minimum Gasteiger partial charge on any atom is -0.370 e. The molecular formula is C15H21ClN2. The molecule has 2 fully saturated rings. The van der Waals surface area contributed by atoms with Gasteiger partial charge in [0.05, 0.1) is 0 Å². The summed E-state index contributed by atoms with van der Waals surface area (Å²) in [7, 11) is 0. The second kappa shape index (κ2) is 4.75. The van der Waals surface area contributed by atoms with Gasteiger partial charge in [-0.05, 0) is 56.8 Å². The molecule has 1 aromatic rings. The van der Waals surface area contributed by atoms with Gasteiger partial charge in [-0.3, -0.25) is 0 Å². The van der Waals surface area contributed by atoms with Crippen LogP contribution in [0.2, 0.25) is 5.02 Å². The van der Waals surface area contributed by atoms with E-state index >= 15 is 0 Å². The van der Waals surface area contributed by atoms with Crippen LogP contribution in [-0.4, -0.2) is 25.2 Å². The number of benzene rings is 1. The van der Waals surface area contributed by atoms with Gasteiger partial charge in [0, 0.05) is 29.3 Å². The molecule has 1 aliphatic carbocycles. The maximum absolute atomic E-state index is 6.11. The molecule has 3 rings (SSSR count). The summed E-state index contributed by atoms with van der Waals surface area (Å²) in [6, 6.07) is 8.25. The molecule has 0 amide bonds. The van der Waals surface area contributed by atoms with Gasteiger partial charge in [-0.15, -0.1) is 0 Å². The van der Waals surface area contributed by atoms with E-state index in [4.69, 9.17) is 11.6 Å². The Morgan fingerprint density at radius 3 is 2.94 bits per heavy atom. The van der Waals surface area contributed by atoms with E-state index in [1.165, 1.54) is 24.9 Å². The molecule has 0 aromatic heterocycles. The third-order valence-corrected chi connectivity index (χ3v) is 4.54. The van der Waals surface area contributed by atoms with Crippen LogP contribution in [0.15, 0.2) is 24.3 Å². The number of halogens is 1. The Kier molecular flexibility index (Phi) is 3.25. The molecule has 0 radical (unpaired) electrons. The van der Waals surface area contributed by atoms with Gasteiger partial charge in [0.1, 0.15) is 0 Å². The van der Waals surface area contributed by atoms with Gasteiger partial charge in [-0.2, -0.15) is 0 Å². The molecular weight excluding hydrogens is 244 g/mol. The molecule has 18 heavy (non-hydrogen) atoms. The predicted molar refractivity (Wildman–Crippen MR) is 77.4 cm³/mol. The number of anilines is 1. The first-order valence-electron chi connectivity index (χ1n) is 6.93. The number of rotatable bonds is 2. The van der Waals surface area contributed by atoms with E-state index in [0.717, 1.165) is 30.6 Å². The molecule has 1 heterocycles. The maximum Gasteiger partial charge on any atom is 0.0426 e. The highest BCUT2D eigenvalue weighted by molar-refractivity contribution is 6.30. The van der Waals surface area contributed by atoms with Crippen LogP contribution in [0.4, 0.5) is 5.69 Å². The standard InChI is InChI=1S/C15H21ClN2/c1-15(12-6-7-12)11-18(9-3-8-17-15)14-5-2-4-13(16)10-14/h2,4-5,10,12,17H,3,6-9,11H2,1H3. The van der Waals surface area contributed by atoms with Crippen molar-refractivity contribution >= 4 is 17.3 Å². The van der Waals surface area contributed by atoms with Crippen LogP contribution in [0.1, 0.15) is 26.2 Å². The normalized spacial score (nSPS) is 29.1. The monoisotopic (exact) mass is 264 g/mol. The lowest BCUT2D eigenvalue weighted by molar-refractivity contribution is 0.331. The van der Waals surface area contributed by atoms with E-state index in [1.54, 1.807) is 0 Å². The number of hydrogen-bond donors (Lipinski definition) is 1. The fourth-order valence-electron chi connectivity index (χ4n) is 3.06. The van der Waals surface area contributed by atoms with Crippen molar-refractivity contribution in [2.24, 2.45) is 5.92 Å². The molecule has 98 valence electrons. The van der Waals surface area contributed by atoms with Crippen molar-refractivity contribution in [2.75, 3.05) is 24.5 Å². The van der Waals surface area contributed by atoms with Gasteiger partial charge in [-0.25, -0.2) is 0 Å². The molecule has 1 saturated heterocycles. The average molecular weight is 265 g/mol. The van der Waals surface area contributed by atoms with Gasteiger partial charge >= 0.3 is 0 Å². The highest BCUT2D eigenvalue weighted by Gasteiger charge is 2.43. The summed E-state index contributed by atoms with van der Waals surface area (Å²) in [5.41, 5.74) is 1.54. The first-order chi connectivity index (χ1) is 8.67. The quantitative estimate of drug-likeness (QED) is 0.882. The summed E-state index contributed by atoms with van der Waals surface area (Å²) in [5, 5.41) is 4.59. The van der Waals surface area contributed by atoms with E-state index in [1.807, 2.05) is 12.1 Å². The van der Waals surface area contributed by atoms with Crippen molar-refractivity contribution in [1.29, 1.82) is 0 Å². The van der Waals surface area contributed by atoms with Gasteiger partial charge in [0.15, 0.2) is 0 Å². The van der Waals surface area contributed by atoms with Crippen LogP contribution in [0.3, 0.4) is 0 Å². The first kappa shape index (κ1) is 12.3. The first-order valence-corrected chi connectivity index (χ1v) is 7.31. The molecule has 1 atom stereocenters. The fourth-order valence-corrected chi connectivity index (χ4v) is 3.25. The van der Waals surface area contributed by atoms with E-state index < -0.39 is 0 Å². The number of nitrogens with zero attached hydrogens (tertiary/aromatic N) is 1. The Labute approximate surface area is 114 Å². The maximum atomic E-state index is 6.11. The summed E-state index contributed by atoms with van der Waals surface area (Å²) >= 11 is 6.11. The summed E-state index contributed by atoms with van der Waals surface area (Å²) in [6.07, 6.45) is 3.97. The predicted octanol–water partition coefficient (Wildman–Crippen LogP) is 3.31. The summed E-state index contributed by atoms with van der Waals surface area (Å²) in [6.45, 7) is 5.73. The Morgan fingerprint density at radius 1 is 1.39 bits per heavy atom. The zero-order valence-corrected chi connectivity index (χ0v) is 11.7. The fraction of sp³-hybridized carbons (Fsp3) is 0.600. The van der Waals surface area contributed by atoms with Gasteiger partial charge in [-0.1, -0.05) is 17.7 Å². The third-order valence-electron chi connectivity index (χ3n) is 4.30. The lowest BCUT2D eigenvalue weighted by atomic mass is 9.95. The Balaban J connectivity index is 1.82. The lowest BCUT2D eigenvalue weighted by Crippen LogP contribution is -2.51. The third kappa shape index (κ3) is 2.50. The molecule has 3 heteroatoms. The molecule has 0 bridgehead atoms. The minimum atomic E-state index is 0.277. The Morgan fingerprint density at radius 2 is 2.22 bits per heavy atom. The van der Waals surface area contributed by atoms with Crippen molar-refractivity contribution in [3.63, 3.8) is 0 Å². The molecule has 1 N–H and O–H groups in total. The smallest absolute Gasteiger partial charge is 0.0426 e. The van der Waals surface area contributed by atoms with Gasteiger partial charge < -0.3 is 10.2 Å². The van der Waals surface area contributed by atoms with Crippen molar-refractivity contribution < 1.29 is 0 Å². The summed E-state index contributed by atoms with van der Waals surface area (Å²) in [4.78, 5) is 2.49. The second-order valence-electron chi connectivity index (χ2n) is 5.87. The zero-order valence-electron chi connectivity index (χ0n) is 11.0. The molecule has 1 aliphatic heterocycles. The van der Waals surface area contributed by atoms with E-state index in [0.29, 0.717) is 0 Å². The number of hydrogen-bond acceptors (Lipinski definition) is 2. The highest BCUT2D eigenvalue weighted by Crippen LogP contribution is 2.41. The van der Waals surface area contributed by atoms with Crippen LogP contribution in [0, 0.1) is 5.92 Å². The summed E-state index contributed by atoms with van der Waals surface area (Å²) < 4.78 is 0. The van der Waals surface area contributed by atoms with Crippen LogP contribution >= 0.6 is 11.6 Å². The van der Waals surface area contributed by atoms with Crippen LogP contribution in [0.5, 0.6) is 0 Å². The largest absolute Gasteiger partial charge is 0.370 e. The van der Waals surface area contributed by atoms with Crippen LogP contribution in [0.25, 0.3) is 0 Å². The molecule has 0 spiro atoms.